The average Bonchev–Trinajstić information content (AvgIpc) is 2.79. The smallest absolute Gasteiger partial charge is 0.00161 e. The van der Waals surface area contributed by atoms with Crippen molar-refractivity contribution in [2.45, 2.75) is 155 Å². The standard InChI is InChI=1S/C30H59N/c1-3-5-7-9-10-11-12-13-14-15-16-17-18-19-21-23-27-31-28-25-30(26-29-31)24-22-20-8-6-4-2/h13-14,30H,3-12,15-29H2,1-2H3/b14-13-. The van der Waals surface area contributed by atoms with Gasteiger partial charge in [0.15, 0.2) is 0 Å². The van der Waals surface area contributed by atoms with Crippen LogP contribution < -0.4 is 0 Å². The minimum Gasteiger partial charge on any atom is -0.303 e. The Morgan fingerprint density at radius 3 is 1.55 bits per heavy atom. The first-order valence-electron chi connectivity index (χ1n) is 14.7. The minimum atomic E-state index is 1.04. The van der Waals surface area contributed by atoms with E-state index in [0.717, 1.165) is 5.92 Å². The molecule has 0 aromatic heterocycles. The molecule has 184 valence electrons. The Morgan fingerprint density at radius 1 is 0.548 bits per heavy atom. The number of rotatable bonds is 22. The van der Waals surface area contributed by atoms with Crippen LogP contribution in [0.25, 0.3) is 0 Å². The second-order valence-corrected chi connectivity index (χ2v) is 10.4. The molecule has 0 aromatic rings. The van der Waals surface area contributed by atoms with E-state index in [2.05, 4.69) is 30.9 Å². The molecule has 1 heterocycles. The van der Waals surface area contributed by atoms with E-state index >= 15 is 0 Å². The van der Waals surface area contributed by atoms with Crippen molar-refractivity contribution < 1.29 is 0 Å². The van der Waals surface area contributed by atoms with Gasteiger partial charge in [-0.3, -0.25) is 0 Å². The lowest BCUT2D eigenvalue weighted by Gasteiger charge is -2.32. The molecule has 1 rings (SSSR count). The van der Waals surface area contributed by atoms with E-state index in [0.29, 0.717) is 0 Å². The number of piperidine rings is 1. The van der Waals surface area contributed by atoms with Gasteiger partial charge in [-0.15, -0.1) is 0 Å². The van der Waals surface area contributed by atoms with E-state index < -0.39 is 0 Å². The molecule has 1 nitrogen and oxygen atoms in total. The third-order valence-electron chi connectivity index (χ3n) is 7.41. The van der Waals surface area contributed by atoms with Gasteiger partial charge in [0.25, 0.3) is 0 Å². The summed E-state index contributed by atoms with van der Waals surface area (Å²) >= 11 is 0. The van der Waals surface area contributed by atoms with Crippen LogP contribution in [0.15, 0.2) is 12.2 Å². The summed E-state index contributed by atoms with van der Waals surface area (Å²) in [5.41, 5.74) is 0. The van der Waals surface area contributed by atoms with Crippen molar-refractivity contribution in [1.82, 2.24) is 4.90 Å². The Hall–Kier alpha value is -0.300. The summed E-state index contributed by atoms with van der Waals surface area (Å²) in [4.78, 5) is 2.75. The average molecular weight is 434 g/mol. The zero-order chi connectivity index (χ0) is 22.2. The lowest BCUT2D eigenvalue weighted by Crippen LogP contribution is -2.34. The molecule has 1 aliphatic rings. The lowest BCUT2D eigenvalue weighted by atomic mass is 9.91. The third kappa shape index (κ3) is 18.9. The van der Waals surface area contributed by atoms with Gasteiger partial charge in [-0.2, -0.15) is 0 Å². The molecule has 0 aromatic carbocycles. The highest BCUT2D eigenvalue weighted by molar-refractivity contribution is 4.81. The Balaban J connectivity index is 1.78. The van der Waals surface area contributed by atoms with Crippen molar-refractivity contribution in [2.75, 3.05) is 19.6 Å². The fourth-order valence-corrected chi connectivity index (χ4v) is 5.12. The molecule has 0 bridgehead atoms. The van der Waals surface area contributed by atoms with Gasteiger partial charge in [-0.25, -0.2) is 0 Å². The molecular weight excluding hydrogens is 374 g/mol. The molecule has 1 heteroatoms. The summed E-state index contributed by atoms with van der Waals surface area (Å²) in [6.45, 7) is 8.73. The zero-order valence-corrected chi connectivity index (χ0v) is 21.9. The molecule has 1 aliphatic heterocycles. The fraction of sp³-hybridized carbons (Fsp3) is 0.933. The molecule has 0 radical (unpaired) electrons. The van der Waals surface area contributed by atoms with Gasteiger partial charge in [0.05, 0.1) is 0 Å². The SMILES string of the molecule is CCCCCCCC/C=C\CCCCCCCCN1CCC(CCCCCCC)CC1. The van der Waals surface area contributed by atoms with Gasteiger partial charge >= 0.3 is 0 Å². The van der Waals surface area contributed by atoms with Crippen molar-refractivity contribution in [2.24, 2.45) is 5.92 Å². The van der Waals surface area contributed by atoms with Crippen LogP contribution in [0.5, 0.6) is 0 Å². The number of hydrogen-bond donors (Lipinski definition) is 0. The summed E-state index contributed by atoms with van der Waals surface area (Å²) in [7, 11) is 0. The molecule has 0 saturated carbocycles. The minimum absolute atomic E-state index is 1.04. The molecule has 1 fully saturated rings. The predicted molar refractivity (Wildman–Crippen MR) is 142 cm³/mol. The normalized spacial score (nSPS) is 15.9. The molecular formula is C30H59N. The monoisotopic (exact) mass is 433 g/mol. The first-order chi connectivity index (χ1) is 15.4. The van der Waals surface area contributed by atoms with Crippen LogP contribution in [0.2, 0.25) is 0 Å². The molecule has 0 aliphatic carbocycles. The van der Waals surface area contributed by atoms with E-state index in [1.807, 2.05) is 0 Å². The van der Waals surface area contributed by atoms with Crippen LogP contribution in [0.1, 0.15) is 155 Å². The first kappa shape index (κ1) is 28.7. The highest BCUT2D eigenvalue weighted by Gasteiger charge is 2.18. The molecule has 0 N–H and O–H groups in total. The van der Waals surface area contributed by atoms with E-state index in [1.54, 1.807) is 0 Å². The fourth-order valence-electron chi connectivity index (χ4n) is 5.12. The zero-order valence-electron chi connectivity index (χ0n) is 21.9. The van der Waals surface area contributed by atoms with Crippen LogP contribution in [0.4, 0.5) is 0 Å². The summed E-state index contributed by atoms with van der Waals surface area (Å²) in [6, 6.07) is 0. The highest BCUT2D eigenvalue weighted by atomic mass is 15.1. The molecule has 0 atom stereocenters. The number of nitrogens with zero attached hydrogens (tertiary/aromatic N) is 1. The van der Waals surface area contributed by atoms with Crippen molar-refractivity contribution in [3.05, 3.63) is 12.2 Å². The van der Waals surface area contributed by atoms with Crippen molar-refractivity contribution in [3.8, 4) is 0 Å². The largest absolute Gasteiger partial charge is 0.303 e. The Kier molecular flexibility index (Phi) is 21.2. The second-order valence-electron chi connectivity index (χ2n) is 10.4. The van der Waals surface area contributed by atoms with E-state index in [1.165, 1.54) is 161 Å². The summed E-state index contributed by atoms with van der Waals surface area (Å²) in [6.07, 6.45) is 36.3. The maximum absolute atomic E-state index is 2.75. The van der Waals surface area contributed by atoms with E-state index in [-0.39, 0.29) is 0 Å². The van der Waals surface area contributed by atoms with Crippen molar-refractivity contribution >= 4 is 0 Å². The number of allylic oxidation sites excluding steroid dienone is 2. The predicted octanol–water partition coefficient (Wildman–Crippen LogP) is 10.1. The lowest BCUT2D eigenvalue weighted by molar-refractivity contribution is 0.174. The summed E-state index contributed by atoms with van der Waals surface area (Å²) < 4.78 is 0. The number of unbranched alkanes of at least 4 members (excludes halogenated alkanes) is 16. The van der Waals surface area contributed by atoms with Crippen LogP contribution in [-0.4, -0.2) is 24.5 Å². The van der Waals surface area contributed by atoms with Crippen LogP contribution in [0.3, 0.4) is 0 Å². The van der Waals surface area contributed by atoms with Crippen LogP contribution in [-0.2, 0) is 0 Å². The quantitative estimate of drug-likeness (QED) is 0.121. The first-order valence-corrected chi connectivity index (χ1v) is 14.7. The Bertz CT molecular complexity index is 367. The third-order valence-corrected chi connectivity index (χ3v) is 7.41. The van der Waals surface area contributed by atoms with Crippen LogP contribution in [0, 0.1) is 5.92 Å². The molecule has 0 amide bonds. The van der Waals surface area contributed by atoms with E-state index in [4.69, 9.17) is 0 Å². The van der Waals surface area contributed by atoms with Gasteiger partial charge in [-0.1, -0.05) is 122 Å². The van der Waals surface area contributed by atoms with Gasteiger partial charge in [0.1, 0.15) is 0 Å². The second kappa shape index (κ2) is 22.9. The van der Waals surface area contributed by atoms with Crippen LogP contribution >= 0.6 is 0 Å². The van der Waals surface area contributed by atoms with Gasteiger partial charge < -0.3 is 4.90 Å². The van der Waals surface area contributed by atoms with Crippen molar-refractivity contribution in [3.63, 3.8) is 0 Å². The highest BCUT2D eigenvalue weighted by Crippen LogP contribution is 2.23. The molecule has 0 spiro atoms. The Morgan fingerprint density at radius 2 is 1.00 bits per heavy atom. The molecule has 1 saturated heterocycles. The maximum Gasteiger partial charge on any atom is -0.00161 e. The van der Waals surface area contributed by atoms with Gasteiger partial charge in [-0.05, 0) is 70.5 Å². The maximum atomic E-state index is 2.75. The topological polar surface area (TPSA) is 3.24 Å². The summed E-state index contributed by atoms with van der Waals surface area (Å²) in [5.74, 6) is 1.04. The number of likely N-dealkylation sites (tertiary alicyclic amines) is 1. The summed E-state index contributed by atoms with van der Waals surface area (Å²) in [5, 5.41) is 0. The van der Waals surface area contributed by atoms with Gasteiger partial charge in [0.2, 0.25) is 0 Å². The number of hydrogen-bond acceptors (Lipinski definition) is 1. The van der Waals surface area contributed by atoms with Crippen molar-refractivity contribution in [1.29, 1.82) is 0 Å². The molecule has 31 heavy (non-hydrogen) atoms. The van der Waals surface area contributed by atoms with E-state index in [9.17, 15) is 0 Å². The Labute approximate surface area is 197 Å². The molecule has 0 unspecified atom stereocenters. The van der Waals surface area contributed by atoms with Gasteiger partial charge in [0, 0.05) is 0 Å².